The fourth-order valence-corrected chi connectivity index (χ4v) is 2.78. The first-order valence-corrected chi connectivity index (χ1v) is 7.36. The second kappa shape index (κ2) is 5.70. The standard InChI is InChI=1S/C15H10F6N6/c1-13-5-10(15(19,20)21)26-27(13)12(23)25-11(13)24-8-3-2-7(6-22)9(4-8)14(16,17)18/h2-4H,5H2,1H3,(H2,23,24,25)/t13-/m1/s1. The molecule has 0 spiro atoms. The fourth-order valence-electron chi connectivity index (χ4n) is 2.78. The Morgan fingerprint density at radius 1 is 1.22 bits per heavy atom. The van der Waals surface area contributed by atoms with Crippen molar-refractivity contribution in [2.45, 2.75) is 31.2 Å². The molecule has 0 saturated carbocycles. The molecule has 0 bridgehead atoms. The SMILES string of the molecule is C[C@]12CC(C(F)(F)F)=NN1C(N)=NC2=Nc1ccc(C#N)c(C(F)(F)F)c1. The molecular weight excluding hydrogens is 378 g/mol. The molecule has 0 aliphatic carbocycles. The summed E-state index contributed by atoms with van der Waals surface area (Å²) < 4.78 is 78.1. The van der Waals surface area contributed by atoms with Crippen LogP contribution in [0.2, 0.25) is 0 Å². The Balaban J connectivity index is 2.04. The van der Waals surface area contributed by atoms with Crippen LogP contribution in [-0.2, 0) is 6.18 Å². The first-order valence-electron chi connectivity index (χ1n) is 7.36. The van der Waals surface area contributed by atoms with Gasteiger partial charge in [0, 0.05) is 6.42 Å². The molecule has 6 nitrogen and oxygen atoms in total. The van der Waals surface area contributed by atoms with E-state index in [0.29, 0.717) is 6.07 Å². The topological polar surface area (TPSA) is 90.1 Å². The van der Waals surface area contributed by atoms with E-state index in [0.717, 1.165) is 17.1 Å². The van der Waals surface area contributed by atoms with E-state index in [1.165, 1.54) is 13.0 Å². The number of nitrogens with two attached hydrogens (primary N) is 1. The molecule has 0 unspecified atom stereocenters. The number of hydrogen-bond donors (Lipinski definition) is 1. The largest absolute Gasteiger partial charge is 0.431 e. The third-order valence-corrected chi connectivity index (χ3v) is 4.11. The normalized spacial score (nSPS) is 23.9. The molecule has 2 heterocycles. The van der Waals surface area contributed by atoms with E-state index in [1.54, 1.807) is 0 Å². The smallest absolute Gasteiger partial charge is 0.368 e. The van der Waals surface area contributed by atoms with E-state index in [2.05, 4.69) is 15.1 Å². The molecule has 0 radical (unpaired) electrons. The predicted octanol–water partition coefficient (Wildman–Crippen LogP) is 3.32. The maximum atomic E-state index is 13.1. The van der Waals surface area contributed by atoms with Crippen molar-refractivity contribution in [1.82, 2.24) is 5.01 Å². The molecule has 2 aliphatic heterocycles. The number of amidine groups is 1. The second-order valence-electron chi connectivity index (χ2n) is 6.05. The molecule has 142 valence electrons. The Morgan fingerprint density at radius 3 is 2.44 bits per heavy atom. The highest BCUT2D eigenvalue weighted by Crippen LogP contribution is 2.40. The molecule has 12 heteroatoms. The van der Waals surface area contributed by atoms with E-state index in [9.17, 15) is 26.3 Å². The Hall–Kier alpha value is -3.10. The third-order valence-electron chi connectivity index (χ3n) is 4.11. The molecule has 27 heavy (non-hydrogen) atoms. The zero-order valence-corrected chi connectivity index (χ0v) is 13.5. The van der Waals surface area contributed by atoms with Crippen LogP contribution in [0, 0.1) is 11.3 Å². The number of hydrogen-bond acceptors (Lipinski definition) is 5. The summed E-state index contributed by atoms with van der Waals surface area (Å²) in [6.45, 7) is 1.35. The van der Waals surface area contributed by atoms with Crippen molar-refractivity contribution in [3.8, 4) is 6.07 Å². The maximum Gasteiger partial charge on any atom is 0.431 e. The lowest BCUT2D eigenvalue weighted by Crippen LogP contribution is -2.45. The van der Waals surface area contributed by atoms with Crippen LogP contribution in [0.4, 0.5) is 32.0 Å². The number of aliphatic imine (C=N–C) groups is 2. The highest BCUT2D eigenvalue weighted by atomic mass is 19.4. The Bertz CT molecular complexity index is 936. The molecule has 0 amide bonds. The molecule has 2 N–H and O–H groups in total. The lowest BCUT2D eigenvalue weighted by atomic mass is 9.95. The minimum absolute atomic E-state index is 0.208. The van der Waals surface area contributed by atoms with Crippen molar-refractivity contribution in [2.75, 3.05) is 0 Å². The van der Waals surface area contributed by atoms with Crippen LogP contribution in [0.5, 0.6) is 0 Å². The van der Waals surface area contributed by atoms with Gasteiger partial charge in [-0.15, -0.1) is 0 Å². The second-order valence-corrected chi connectivity index (χ2v) is 6.05. The van der Waals surface area contributed by atoms with Gasteiger partial charge in [-0.3, -0.25) is 0 Å². The van der Waals surface area contributed by atoms with Crippen LogP contribution >= 0.6 is 0 Å². The number of hydrazone groups is 1. The van der Waals surface area contributed by atoms with Gasteiger partial charge in [0.2, 0.25) is 5.96 Å². The van der Waals surface area contributed by atoms with E-state index in [-0.39, 0.29) is 17.5 Å². The molecular formula is C15H10F6N6. The van der Waals surface area contributed by atoms with Crippen molar-refractivity contribution in [2.24, 2.45) is 20.8 Å². The van der Waals surface area contributed by atoms with E-state index in [4.69, 9.17) is 11.0 Å². The summed E-state index contributed by atoms with van der Waals surface area (Å²) in [6.07, 6.45) is -10.1. The van der Waals surface area contributed by atoms with Crippen molar-refractivity contribution >= 4 is 23.2 Å². The summed E-state index contributed by atoms with van der Waals surface area (Å²) in [4.78, 5) is 7.79. The molecule has 0 aromatic heterocycles. The minimum Gasteiger partial charge on any atom is -0.368 e. The van der Waals surface area contributed by atoms with Crippen LogP contribution in [0.3, 0.4) is 0 Å². The van der Waals surface area contributed by atoms with Crippen LogP contribution < -0.4 is 5.73 Å². The number of fused-ring (bicyclic) bond motifs is 1. The van der Waals surface area contributed by atoms with Crippen LogP contribution in [0.15, 0.2) is 33.3 Å². The van der Waals surface area contributed by atoms with Crippen LogP contribution in [0.1, 0.15) is 24.5 Å². The lowest BCUT2D eigenvalue weighted by molar-refractivity contribution is -0.137. The van der Waals surface area contributed by atoms with Gasteiger partial charge in [-0.1, -0.05) is 0 Å². The van der Waals surface area contributed by atoms with Gasteiger partial charge in [-0.25, -0.2) is 10.0 Å². The van der Waals surface area contributed by atoms with Crippen LogP contribution in [0.25, 0.3) is 0 Å². The highest BCUT2D eigenvalue weighted by Gasteiger charge is 2.55. The molecule has 2 aliphatic rings. The molecule has 1 aromatic carbocycles. The number of rotatable bonds is 1. The Labute approximate surface area is 148 Å². The summed E-state index contributed by atoms with van der Waals surface area (Å²) in [5.74, 6) is -0.555. The van der Waals surface area contributed by atoms with Crippen molar-refractivity contribution < 1.29 is 26.3 Å². The number of guanidine groups is 1. The zero-order chi connectivity index (χ0) is 20.2. The monoisotopic (exact) mass is 388 g/mol. The van der Waals surface area contributed by atoms with Gasteiger partial charge in [-0.05, 0) is 25.1 Å². The summed E-state index contributed by atoms with van der Waals surface area (Å²) in [7, 11) is 0. The van der Waals surface area contributed by atoms with Crippen molar-refractivity contribution in [3.05, 3.63) is 29.3 Å². The predicted molar refractivity (Wildman–Crippen MR) is 83.2 cm³/mol. The van der Waals surface area contributed by atoms with Gasteiger partial charge in [0.25, 0.3) is 0 Å². The molecule has 1 aromatic rings. The van der Waals surface area contributed by atoms with E-state index >= 15 is 0 Å². The minimum atomic E-state index is -4.80. The zero-order valence-electron chi connectivity index (χ0n) is 13.5. The van der Waals surface area contributed by atoms with Gasteiger partial charge in [-0.2, -0.15) is 41.7 Å². The lowest BCUT2D eigenvalue weighted by Gasteiger charge is -2.25. The van der Waals surface area contributed by atoms with Crippen molar-refractivity contribution in [3.63, 3.8) is 0 Å². The maximum absolute atomic E-state index is 13.1. The molecule has 0 saturated heterocycles. The third kappa shape index (κ3) is 3.09. The van der Waals surface area contributed by atoms with E-state index in [1.807, 2.05) is 0 Å². The number of alkyl halides is 6. The first-order chi connectivity index (χ1) is 12.4. The average molecular weight is 388 g/mol. The molecule has 1 atom stereocenters. The number of benzene rings is 1. The number of halogens is 6. The van der Waals surface area contributed by atoms with Gasteiger partial charge in [0.1, 0.15) is 11.3 Å². The highest BCUT2D eigenvalue weighted by molar-refractivity contribution is 6.13. The molecule has 3 rings (SSSR count). The van der Waals surface area contributed by atoms with Crippen molar-refractivity contribution in [1.29, 1.82) is 5.26 Å². The average Bonchev–Trinajstić information content (AvgIpc) is 3.01. The summed E-state index contributed by atoms with van der Waals surface area (Å²) >= 11 is 0. The van der Waals surface area contributed by atoms with Crippen LogP contribution in [-0.4, -0.2) is 34.2 Å². The van der Waals surface area contributed by atoms with E-state index < -0.39 is 41.2 Å². The van der Waals surface area contributed by atoms with Gasteiger partial charge in [0.15, 0.2) is 5.84 Å². The fraction of sp³-hybridized carbons (Fsp3) is 0.333. The summed E-state index contributed by atoms with van der Waals surface area (Å²) in [5, 5.41) is 13.1. The number of nitriles is 1. The Kier molecular flexibility index (Phi) is 3.94. The van der Waals surface area contributed by atoms with Gasteiger partial charge >= 0.3 is 12.4 Å². The quantitative estimate of drug-likeness (QED) is 0.749. The summed E-state index contributed by atoms with van der Waals surface area (Å²) in [6, 6.07) is 4.12. The van der Waals surface area contributed by atoms with Gasteiger partial charge in [0.05, 0.1) is 22.9 Å². The number of nitrogens with zero attached hydrogens (tertiary/aromatic N) is 5. The Morgan fingerprint density at radius 2 is 1.89 bits per heavy atom. The first kappa shape index (κ1) is 18.7. The molecule has 0 fully saturated rings. The summed E-state index contributed by atoms with van der Waals surface area (Å²) in [5.41, 5.74) is 1.00. The van der Waals surface area contributed by atoms with Gasteiger partial charge < -0.3 is 5.73 Å².